The van der Waals surface area contributed by atoms with Gasteiger partial charge >= 0.3 is 0 Å². The third kappa shape index (κ3) is 3.93. The molecule has 4 rings (SSSR count). The Labute approximate surface area is 157 Å². The zero-order valence-electron chi connectivity index (χ0n) is 14.8. The molecule has 0 aliphatic carbocycles. The van der Waals surface area contributed by atoms with Gasteiger partial charge in [0.25, 0.3) is 5.89 Å². The summed E-state index contributed by atoms with van der Waals surface area (Å²) in [5.41, 5.74) is 1.43. The molecule has 27 heavy (non-hydrogen) atoms. The molecule has 1 aromatic carbocycles. The lowest BCUT2D eigenvalue weighted by atomic mass is 10.2. The van der Waals surface area contributed by atoms with Crippen LogP contribution in [0, 0.1) is 11.3 Å². The molecule has 0 saturated carbocycles. The van der Waals surface area contributed by atoms with Crippen LogP contribution in [0.15, 0.2) is 47.1 Å². The van der Waals surface area contributed by atoms with E-state index >= 15 is 0 Å². The van der Waals surface area contributed by atoms with Crippen molar-refractivity contribution in [2.75, 3.05) is 37.6 Å². The van der Waals surface area contributed by atoms with Crippen molar-refractivity contribution in [2.45, 2.75) is 6.42 Å². The Hall–Kier alpha value is -3.31. The molecule has 8 nitrogen and oxygen atoms in total. The van der Waals surface area contributed by atoms with Gasteiger partial charge in [0.15, 0.2) is 0 Å². The Morgan fingerprint density at radius 2 is 1.78 bits per heavy atom. The van der Waals surface area contributed by atoms with E-state index in [1.807, 2.05) is 30.3 Å². The highest BCUT2D eigenvalue weighted by molar-refractivity contribution is 5.56. The minimum Gasteiger partial charge on any atom is -0.415 e. The van der Waals surface area contributed by atoms with Crippen molar-refractivity contribution < 1.29 is 4.42 Å². The summed E-state index contributed by atoms with van der Waals surface area (Å²) >= 11 is 0. The summed E-state index contributed by atoms with van der Waals surface area (Å²) in [6.45, 7) is 4.34. The van der Waals surface area contributed by atoms with E-state index in [9.17, 15) is 0 Å². The van der Waals surface area contributed by atoms with Crippen LogP contribution >= 0.6 is 0 Å². The number of piperazine rings is 1. The minimum atomic E-state index is 0.357. The van der Waals surface area contributed by atoms with Crippen molar-refractivity contribution in [1.82, 2.24) is 25.1 Å². The summed E-state index contributed by atoms with van der Waals surface area (Å²) in [6.07, 6.45) is 3.95. The van der Waals surface area contributed by atoms with Crippen LogP contribution in [-0.4, -0.2) is 57.8 Å². The molecule has 8 heteroatoms. The average Bonchev–Trinajstić information content (AvgIpc) is 3.24. The predicted molar refractivity (Wildman–Crippen MR) is 99.6 cm³/mol. The van der Waals surface area contributed by atoms with Crippen LogP contribution in [0.1, 0.15) is 6.42 Å². The first-order valence-corrected chi connectivity index (χ1v) is 8.89. The lowest BCUT2D eigenvalue weighted by Gasteiger charge is -2.34. The number of rotatable bonds is 5. The molecule has 1 fully saturated rings. The summed E-state index contributed by atoms with van der Waals surface area (Å²) in [4.78, 5) is 13.4. The van der Waals surface area contributed by atoms with E-state index in [4.69, 9.17) is 9.68 Å². The van der Waals surface area contributed by atoms with Crippen molar-refractivity contribution in [2.24, 2.45) is 0 Å². The Morgan fingerprint density at radius 1 is 1.00 bits per heavy atom. The number of benzene rings is 1. The van der Waals surface area contributed by atoms with Gasteiger partial charge < -0.3 is 9.32 Å². The molecular formula is C19H19N7O. The molecule has 1 aliphatic heterocycles. The summed E-state index contributed by atoms with van der Waals surface area (Å²) in [5, 5.41) is 16.9. The number of aromatic nitrogens is 4. The normalized spacial score (nSPS) is 14.9. The number of hydrogen-bond donors (Lipinski definition) is 0. The lowest BCUT2D eigenvalue weighted by molar-refractivity contribution is 0.263. The quantitative estimate of drug-likeness (QED) is 0.683. The van der Waals surface area contributed by atoms with Gasteiger partial charge in [-0.3, -0.25) is 9.88 Å². The van der Waals surface area contributed by atoms with Gasteiger partial charge in [-0.25, -0.2) is 4.98 Å². The van der Waals surface area contributed by atoms with E-state index in [0.717, 1.165) is 44.1 Å². The van der Waals surface area contributed by atoms with Gasteiger partial charge in [-0.1, -0.05) is 18.2 Å². The van der Waals surface area contributed by atoms with Crippen molar-refractivity contribution >= 4 is 5.82 Å². The van der Waals surface area contributed by atoms with Crippen LogP contribution in [0.2, 0.25) is 0 Å². The second kappa shape index (κ2) is 7.93. The summed E-state index contributed by atoms with van der Waals surface area (Å²) < 4.78 is 5.78. The Balaban J connectivity index is 1.47. The van der Waals surface area contributed by atoms with E-state index in [1.165, 1.54) is 0 Å². The summed E-state index contributed by atoms with van der Waals surface area (Å²) in [6, 6.07) is 11.8. The highest BCUT2D eigenvalue weighted by Gasteiger charge is 2.19. The number of nitriles is 1. The SMILES string of the molecule is N#CCCN1CCN(c2cncc(-c3nnc(-c4ccccc4)o3)n2)CC1. The van der Waals surface area contributed by atoms with Crippen LogP contribution < -0.4 is 4.90 Å². The van der Waals surface area contributed by atoms with Crippen molar-refractivity contribution in [3.05, 3.63) is 42.7 Å². The monoisotopic (exact) mass is 361 g/mol. The van der Waals surface area contributed by atoms with Crippen molar-refractivity contribution in [3.8, 4) is 29.1 Å². The highest BCUT2D eigenvalue weighted by atomic mass is 16.4. The highest BCUT2D eigenvalue weighted by Crippen LogP contribution is 2.23. The molecule has 1 aliphatic rings. The molecule has 2 aromatic heterocycles. The molecule has 0 radical (unpaired) electrons. The van der Waals surface area contributed by atoms with E-state index in [1.54, 1.807) is 12.4 Å². The molecule has 0 amide bonds. The molecule has 1 saturated heterocycles. The predicted octanol–water partition coefficient (Wildman–Crippen LogP) is 2.23. The minimum absolute atomic E-state index is 0.357. The fraction of sp³-hybridized carbons (Fsp3) is 0.316. The van der Waals surface area contributed by atoms with Gasteiger partial charge in [0.2, 0.25) is 5.89 Å². The molecule has 3 aromatic rings. The van der Waals surface area contributed by atoms with Crippen molar-refractivity contribution in [1.29, 1.82) is 5.26 Å². The molecule has 0 spiro atoms. The third-order valence-corrected chi connectivity index (χ3v) is 4.52. The van der Waals surface area contributed by atoms with Crippen LogP contribution in [0.4, 0.5) is 5.82 Å². The maximum Gasteiger partial charge on any atom is 0.268 e. The third-order valence-electron chi connectivity index (χ3n) is 4.52. The fourth-order valence-corrected chi connectivity index (χ4v) is 3.04. The Morgan fingerprint density at radius 3 is 2.56 bits per heavy atom. The smallest absolute Gasteiger partial charge is 0.268 e. The first kappa shape index (κ1) is 17.1. The molecule has 0 atom stereocenters. The van der Waals surface area contributed by atoms with Gasteiger partial charge in [-0.15, -0.1) is 10.2 Å². The first-order chi connectivity index (χ1) is 13.3. The number of anilines is 1. The van der Waals surface area contributed by atoms with Crippen LogP contribution in [-0.2, 0) is 0 Å². The van der Waals surface area contributed by atoms with Crippen molar-refractivity contribution in [3.63, 3.8) is 0 Å². The number of nitrogens with zero attached hydrogens (tertiary/aromatic N) is 7. The maximum atomic E-state index is 8.71. The molecule has 136 valence electrons. The molecule has 0 bridgehead atoms. The van der Waals surface area contributed by atoms with Gasteiger partial charge in [0.05, 0.1) is 18.5 Å². The molecule has 3 heterocycles. The van der Waals surface area contributed by atoms with E-state index in [2.05, 4.69) is 36.0 Å². The van der Waals surface area contributed by atoms with Crippen LogP contribution in [0.3, 0.4) is 0 Å². The zero-order chi connectivity index (χ0) is 18.5. The van der Waals surface area contributed by atoms with Crippen LogP contribution in [0.5, 0.6) is 0 Å². The average molecular weight is 361 g/mol. The van der Waals surface area contributed by atoms with Gasteiger partial charge in [-0.2, -0.15) is 5.26 Å². The van der Waals surface area contributed by atoms with Crippen LogP contribution in [0.25, 0.3) is 23.0 Å². The van der Waals surface area contributed by atoms with E-state index < -0.39 is 0 Å². The number of hydrogen-bond acceptors (Lipinski definition) is 8. The maximum absolute atomic E-state index is 8.71. The second-order valence-corrected chi connectivity index (χ2v) is 6.28. The Bertz CT molecular complexity index is 926. The standard InChI is InChI=1S/C19H19N7O/c20-7-4-8-25-9-11-26(12-10-25)17-14-21-13-16(22-17)19-24-23-18(27-19)15-5-2-1-3-6-15/h1-3,5-6,13-14H,4,8-12H2. The van der Waals surface area contributed by atoms with Gasteiger partial charge in [0.1, 0.15) is 11.5 Å². The van der Waals surface area contributed by atoms with Gasteiger partial charge in [0, 0.05) is 44.7 Å². The van der Waals surface area contributed by atoms with Gasteiger partial charge in [-0.05, 0) is 12.1 Å². The van der Waals surface area contributed by atoms with E-state index in [-0.39, 0.29) is 0 Å². The lowest BCUT2D eigenvalue weighted by Crippen LogP contribution is -2.46. The molecule has 0 N–H and O–H groups in total. The second-order valence-electron chi connectivity index (χ2n) is 6.28. The largest absolute Gasteiger partial charge is 0.415 e. The Kier molecular flexibility index (Phi) is 5.03. The zero-order valence-corrected chi connectivity index (χ0v) is 14.8. The first-order valence-electron chi connectivity index (χ1n) is 8.89. The van der Waals surface area contributed by atoms with E-state index in [0.29, 0.717) is 23.9 Å². The topological polar surface area (TPSA) is 95.0 Å². The fourth-order valence-electron chi connectivity index (χ4n) is 3.04. The summed E-state index contributed by atoms with van der Waals surface area (Å²) in [5.74, 6) is 1.62. The molecule has 0 unspecified atom stereocenters. The summed E-state index contributed by atoms with van der Waals surface area (Å²) in [7, 11) is 0. The molecular weight excluding hydrogens is 342 g/mol.